The zero-order chi connectivity index (χ0) is 18.4. The van der Waals surface area contributed by atoms with Crippen molar-refractivity contribution in [1.29, 1.82) is 5.26 Å². The lowest BCUT2D eigenvalue weighted by atomic mass is 10.1. The van der Waals surface area contributed by atoms with Crippen LogP contribution in [0.4, 0.5) is 5.82 Å². The van der Waals surface area contributed by atoms with Crippen LogP contribution in [-0.4, -0.2) is 55.7 Å². The van der Waals surface area contributed by atoms with Crippen LogP contribution in [0.1, 0.15) is 5.56 Å². The molecule has 2 aromatic rings. The van der Waals surface area contributed by atoms with Crippen LogP contribution < -0.4 is 14.4 Å². The Balaban J connectivity index is 2.68. The standard InChI is InChI=1S/C17H20N4O3S/c1-21(7-8-22)16-12(10-18)15(19-17(20-16)25-4)11-5-6-13(23-2)14(9-11)24-3/h5-6,9,22H,7-8H2,1-4H3. The first-order valence-electron chi connectivity index (χ1n) is 7.50. The van der Waals surface area contributed by atoms with Crippen molar-refractivity contribution in [3.05, 3.63) is 23.8 Å². The molecule has 0 saturated heterocycles. The fourth-order valence-corrected chi connectivity index (χ4v) is 2.71. The molecule has 0 bridgehead atoms. The van der Waals surface area contributed by atoms with E-state index in [1.54, 1.807) is 38.3 Å². The van der Waals surface area contributed by atoms with Crippen molar-refractivity contribution >= 4 is 17.6 Å². The van der Waals surface area contributed by atoms with E-state index in [1.807, 2.05) is 12.3 Å². The molecule has 0 aliphatic heterocycles. The van der Waals surface area contributed by atoms with E-state index in [0.717, 1.165) is 5.56 Å². The van der Waals surface area contributed by atoms with Crippen LogP contribution in [0.2, 0.25) is 0 Å². The van der Waals surface area contributed by atoms with Crippen molar-refractivity contribution in [3.63, 3.8) is 0 Å². The molecule has 0 radical (unpaired) electrons. The summed E-state index contributed by atoms with van der Waals surface area (Å²) in [6.07, 6.45) is 1.87. The van der Waals surface area contributed by atoms with Crippen LogP contribution in [0, 0.1) is 11.3 Å². The number of benzene rings is 1. The summed E-state index contributed by atoms with van der Waals surface area (Å²) in [7, 11) is 4.90. The molecule has 1 aromatic heterocycles. The number of nitrogens with zero attached hydrogens (tertiary/aromatic N) is 4. The maximum Gasteiger partial charge on any atom is 0.189 e. The van der Waals surface area contributed by atoms with Gasteiger partial charge in [0.15, 0.2) is 22.5 Å². The minimum atomic E-state index is -0.0360. The van der Waals surface area contributed by atoms with Crippen LogP contribution in [0.25, 0.3) is 11.3 Å². The van der Waals surface area contributed by atoms with Gasteiger partial charge in [-0.3, -0.25) is 0 Å². The quantitative estimate of drug-likeness (QED) is 0.593. The van der Waals surface area contributed by atoms with Gasteiger partial charge < -0.3 is 19.5 Å². The van der Waals surface area contributed by atoms with Gasteiger partial charge in [-0.05, 0) is 24.5 Å². The summed E-state index contributed by atoms with van der Waals surface area (Å²) >= 11 is 1.39. The highest BCUT2D eigenvalue weighted by Gasteiger charge is 2.19. The van der Waals surface area contributed by atoms with Gasteiger partial charge in [0.05, 0.1) is 26.5 Å². The number of aromatic nitrogens is 2. The average molecular weight is 360 g/mol. The molecule has 1 heterocycles. The fraction of sp³-hybridized carbons (Fsp3) is 0.353. The van der Waals surface area contributed by atoms with E-state index < -0.39 is 0 Å². The Bertz CT molecular complexity index is 792. The van der Waals surface area contributed by atoms with E-state index in [2.05, 4.69) is 16.0 Å². The average Bonchev–Trinajstić information content (AvgIpc) is 2.66. The SMILES string of the molecule is COc1ccc(-c2nc(SC)nc(N(C)CCO)c2C#N)cc1OC. The molecule has 0 unspecified atom stereocenters. The molecule has 1 aromatic carbocycles. The Kier molecular flexibility index (Phi) is 6.44. The number of hydrogen-bond acceptors (Lipinski definition) is 8. The fourth-order valence-electron chi connectivity index (χ4n) is 2.35. The zero-order valence-corrected chi connectivity index (χ0v) is 15.4. The molecule has 1 N–H and O–H groups in total. The van der Waals surface area contributed by atoms with Gasteiger partial charge in [0.2, 0.25) is 0 Å². The van der Waals surface area contributed by atoms with E-state index in [1.165, 1.54) is 11.8 Å². The van der Waals surface area contributed by atoms with Crippen molar-refractivity contribution in [3.8, 4) is 28.8 Å². The van der Waals surface area contributed by atoms with Crippen molar-refractivity contribution < 1.29 is 14.6 Å². The normalized spacial score (nSPS) is 10.2. The summed E-state index contributed by atoms with van der Waals surface area (Å²) in [4.78, 5) is 10.7. The Hall–Kier alpha value is -2.50. The molecular weight excluding hydrogens is 340 g/mol. The summed E-state index contributed by atoms with van der Waals surface area (Å²) in [6.45, 7) is 0.330. The van der Waals surface area contributed by atoms with Crippen LogP contribution in [0.5, 0.6) is 11.5 Å². The van der Waals surface area contributed by atoms with Gasteiger partial charge in [0.25, 0.3) is 0 Å². The van der Waals surface area contributed by atoms with Crippen LogP contribution in [0.15, 0.2) is 23.4 Å². The Labute approximate surface area is 151 Å². The Morgan fingerprint density at radius 3 is 2.52 bits per heavy atom. The van der Waals surface area contributed by atoms with E-state index in [9.17, 15) is 10.4 Å². The number of hydrogen-bond donors (Lipinski definition) is 1. The van der Waals surface area contributed by atoms with E-state index in [4.69, 9.17) is 9.47 Å². The van der Waals surface area contributed by atoms with E-state index in [-0.39, 0.29) is 6.61 Å². The maximum absolute atomic E-state index is 9.69. The van der Waals surface area contributed by atoms with Gasteiger partial charge in [-0.25, -0.2) is 9.97 Å². The molecule has 0 amide bonds. The smallest absolute Gasteiger partial charge is 0.189 e. The van der Waals surface area contributed by atoms with Crippen molar-refractivity contribution in [2.45, 2.75) is 5.16 Å². The molecule has 132 valence electrons. The summed E-state index contributed by atoms with van der Waals surface area (Å²) in [6, 6.07) is 7.56. The highest BCUT2D eigenvalue weighted by Crippen LogP contribution is 2.35. The highest BCUT2D eigenvalue weighted by molar-refractivity contribution is 7.98. The van der Waals surface area contributed by atoms with Gasteiger partial charge in [0, 0.05) is 19.2 Å². The maximum atomic E-state index is 9.69. The predicted octanol–water partition coefficient (Wildman–Crippen LogP) is 2.18. The monoisotopic (exact) mass is 360 g/mol. The molecule has 8 heteroatoms. The third-order valence-electron chi connectivity index (χ3n) is 3.62. The number of aliphatic hydroxyl groups excluding tert-OH is 1. The number of anilines is 1. The van der Waals surface area contributed by atoms with E-state index >= 15 is 0 Å². The number of nitriles is 1. The number of aliphatic hydroxyl groups is 1. The molecule has 25 heavy (non-hydrogen) atoms. The molecule has 0 fully saturated rings. The summed E-state index contributed by atoms with van der Waals surface area (Å²) in [5.41, 5.74) is 1.59. The third-order valence-corrected chi connectivity index (χ3v) is 4.17. The number of rotatable bonds is 7. The minimum Gasteiger partial charge on any atom is -0.493 e. The second-order valence-corrected chi connectivity index (χ2v) is 5.86. The van der Waals surface area contributed by atoms with Crippen molar-refractivity contribution in [2.75, 3.05) is 45.6 Å². The molecule has 7 nitrogen and oxygen atoms in total. The van der Waals surface area contributed by atoms with Gasteiger partial charge in [-0.15, -0.1) is 0 Å². The van der Waals surface area contributed by atoms with Crippen LogP contribution >= 0.6 is 11.8 Å². The lowest BCUT2D eigenvalue weighted by molar-refractivity contribution is 0.303. The lowest BCUT2D eigenvalue weighted by Crippen LogP contribution is -2.24. The first kappa shape index (κ1) is 18.8. The van der Waals surface area contributed by atoms with E-state index in [0.29, 0.717) is 40.3 Å². The van der Waals surface area contributed by atoms with Crippen LogP contribution in [-0.2, 0) is 0 Å². The first-order valence-corrected chi connectivity index (χ1v) is 8.72. The summed E-state index contributed by atoms with van der Waals surface area (Å²) < 4.78 is 10.6. The highest BCUT2D eigenvalue weighted by atomic mass is 32.2. The largest absolute Gasteiger partial charge is 0.493 e. The Morgan fingerprint density at radius 2 is 1.96 bits per heavy atom. The first-order chi connectivity index (χ1) is 12.1. The molecule has 0 atom stereocenters. The minimum absolute atomic E-state index is 0.0360. The second-order valence-electron chi connectivity index (χ2n) is 5.08. The zero-order valence-electron chi connectivity index (χ0n) is 14.6. The van der Waals surface area contributed by atoms with Crippen molar-refractivity contribution in [1.82, 2.24) is 9.97 Å². The van der Waals surface area contributed by atoms with Gasteiger partial charge in [-0.1, -0.05) is 11.8 Å². The number of likely N-dealkylation sites (N-methyl/N-ethyl adjacent to an activating group) is 1. The summed E-state index contributed by atoms with van der Waals surface area (Å²) in [5.74, 6) is 1.64. The second kappa shape index (κ2) is 8.55. The lowest BCUT2D eigenvalue weighted by Gasteiger charge is -2.20. The van der Waals surface area contributed by atoms with Crippen molar-refractivity contribution in [2.24, 2.45) is 0 Å². The predicted molar refractivity (Wildman–Crippen MR) is 97.4 cm³/mol. The number of ether oxygens (including phenoxy) is 2. The van der Waals surface area contributed by atoms with Crippen LogP contribution in [0.3, 0.4) is 0 Å². The molecular formula is C17H20N4O3S. The topological polar surface area (TPSA) is 91.5 Å². The summed E-state index contributed by atoms with van der Waals surface area (Å²) in [5, 5.41) is 19.4. The molecule has 0 spiro atoms. The number of methoxy groups -OCH3 is 2. The Morgan fingerprint density at radius 1 is 1.24 bits per heavy atom. The van der Waals surface area contributed by atoms with Gasteiger partial charge in [-0.2, -0.15) is 5.26 Å². The molecule has 2 rings (SSSR count). The van der Waals surface area contributed by atoms with Gasteiger partial charge in [0.1, 0.15) is 11.6 Å². The third kappa shape index (κ3) is 3.95. The molecule has 0 saturated carbocycles. The molecule has 0 aliphatic rings. The van der Waals surface area contributed by atoms with Gasteiger partial charge >= 0.3 is 0 Å². The number of thioether (sulfide) groups is 1. The molecule has 0 aliphatic carbocycles.